The minimum absolute atomic E-state index is 0.221. The lowest BCUT2D eigenvalue weighted by atomic mass is 9.95. The van der Waals surface area contributed by atoms with E-state index in [-0.39, 0.29) is 12.4 Å². The second kappa shape index (κ2) is 9.27. The minimum atomic E-state index is -4.77. The van der Waals surface area contributed by atoms with Crippen molar-refractivity contribution in [2.75, 3.05) is 6.61 Å². The summed E-state index contributed by atoms with van der Waals surface area (Å²) >= 11 is 0. The van der Waals surface area contributed by atoms with Gasteiger partial charge < -0.3 is 9.47 Å². The number of alkyl halides is 3. The van der Waals surface area contributed by atoms with Crippen LogP contribution in [-0.4, -0.2) is 38.5 Å². The molecule has 4 aromatic rings. The summed E-state index contributed by atoms with van der Waals surface area (Å²) in [6.45, 7) is 1.95. The van der Waals surface area contributed by atoms with Crippen LogP contribution in [0.3, 0.4) is 0 Å². The molecule has 1 atom stereocenters. The molecule has 0 aliphatic carbocycles. The van der Waals surface area contributed by atoms with Crippen molar-refractivity contribution >= 4 is 17.1 Å². The van der Waals surface area contributed by atoms with Gasteiger partial charge in [-0.2, -0.15) is 0 Å². The molecule has 7 nitrogen and oxygen atoms in total. The van der Waals surface area contributed by atoms with Gasteiger partial charge in [0.25, 0.3) is 0 Å². The predicted octanol–water partition coefficient (Wildman–Crippen LogP) is 4.60. The number of benzene rings is 2. The molecule has 10 heteroatoms. The van der Waals surface area contributed by atoms with Crippen LogP contribution in [0.25, 0.3) is 16.9 Å². The third kappa shape index (κ3) is 5.11. The quantitative estimate of drug-likeness (QED) is 0.378. The summed E-state index contributed by atoms with van der Waals surface area (Å²) in [4.78, 5) is 25.8. The first kappa shape index (κ1) is 22.3. The molecule has 170 valence electrons. The lowest BCUT2D eigenvalue weighted by Crippen LogP contribution is -2.20. The van der Waals surface area contributed by atoms with Crippen molar-refractivity contribution in [1.82, 2.24) is 19.5 Å². The Morgan fingerprint density at radius 3 is 2.42 bits per heavy atom. The van der Waals surface area contributed by atoms with Gasteiger partial charge in [-0.15, -0.1) is 13.2 Å². The van der Waals surface area contributed by atoms with Crippen molar-refractivity contribution in [2.24, 2.45) is 0 Å². The SMILES string of the molecule is CCOC(=O)C(Cc1ccccc1)c1ncnc2c1ncn2-c1ccc(OC(F)(F)F)cc1. The summed E-state index contributed by atoms with van der Waals surface area (Å²) < 4.78 is 48.1. The van der Waals surface area contributed by atoms with Crippen LogP contribution < -0.4 is 4.74 Å². The number of hydrogen-bond acceptors (Lipinski definition) is 6. The van der Waals surface area contributed by atoms with E-state index in [1.165, 1.54) is 36.9 Å². The maximum absolute atomic E-state index is 12.8. The van der Waals surface area contributed by atoms with Gasteiger partial charge >= 0.3 is 12.3 Å². The molecule has 0 saturated heterocycles. The van der Waals surface area contributed by atoms with Crippen LogP contribution in [-0.2, 0) is 16.0 Å². The number of carbonyl (C=O) groups is 1. The number of rotatable bonds is 7. The van der Waals surface area contributed by atoms with Crippen molar-refractivity contribution in [2.45, 2.75) is 25.6 Å². The van der Waals surface area contributed by atoms with Crippen LogP contribution in [0.5, 0.6) is 5.75 Å². The topological polar surface area (TPSA) is 79.1 Å². The summed E-state index contributed by atoms with van der Waals surface area (Å²) in [5.74, 6) is -1.47. The molecule has 0 aliphatic heterocycles. The Bertz CT molecular complexity index is 1240. The fourth-order valence-electron chi connectivity index (χ4n) is 3.49. The summed E-state index contributed by atoms with van der Waals surface area (Å²) in [6, 6.07) is 14.8. The van der Waals surface area contributed by atoms with Crippen molar-refractivity contribution in [3.05, 3.63) is 78.5 Å². The lowest BCUT2D eigenvalue weighted by molar-refractivity contribution is -0.274. The Balaban J connectivity index is 1.71. The van der Waals surface area contributed by atoms with E-state index in [4.69, 9.17) is 4.74 Å². The number of halogens is 3. The molecular weight excluding hydrogens is 437 g/mol. The molecule has 0 radical (unpaired) electrons. The zero-order chi connectivity index (χ0) is 23.4. The number of aromatic nitrogens is 4. The van der Waals surface area contributed by atoms with Gasteiger partial charge in [0.05, 0.1) is 12.3 Å². The van der Waals surface area contributed by atoms with Gasteiger partial charge in [-0.3, -0.25) is 9.36 Å². The maximum Gasteiger partial charge on any atom is 0.573 e. The molecule has 0 spiro atoms. The van der Waals surface area contributed by atoms with Crippen LogP contribution in [0.15, 0.2) is 67.3 Å². The monoisotopic (exact) mass is 456 g/mol. The standard InChI is InChI=1S/C23H19F3N4O3/c1-2-32-22(31)18(12-15-6-4-3-5-7-15)19-20-21(28-13-27-19)30(14-29-20)16-8-10-17(11-9-16)33-23(24,25)26/h3-11,13-14,18H,2,12H2,1H3. The van der Waals surface area contributed by atoms with E-state index in [0.29, 0.717) is 29.0 Å². The van der Waals surface area contributed by atoms with E-state index >= 15 is 0 Å². The Hall–Kier alpha value is -3.95. The van der Waals surface area contributed by atoms with Gasteiger partial charge in [0.2, 0.25) is 0 Å². The molecule has 0 amide bonds. The Morgan fingerprint density at radius 1 is 1.03 bits per heavy atom. The molecule has 0 bridgehead atoms. The molecule has 0 N–H and O–H groups in total. The van der Waals surface area contributed by atoms with Gasteiger partial charge in [0.15, 0.2) is 5.65 Å². The molecule has 33 heavy (non-hydrogen) atoms. The third-order valence-corrected chi connectivity index (χ3v) is 4.89. The molecule has 0 fully saturated rings. The van der Waals surface area contributed by atoms with Crippen LogP contribution in [0, 0.1) is 0 Å². The highest BCUT2D eigenvalue weighted by atomic mass is 19.4. The van der Waals surface area contributed by atoms with E-state index in [9.17, 15) is 18.0 Å². The van der Waals surface area contributed by atoms with E-state index in [2.05, 4.69) is 19.7 Å². The fourth-order valence-corrected chi connectivity index (χ4v) is 3.49. The van der Waals surface area contributed by atoms with Crippen molar-refractivity contribution in [3.8, 4) is 11.4 Å². The molecular formula is C23H19F3N4O3. The zero-order valence-electron chi connectivity index (χ0n) is 17.5. The smallest absolute Gasteiger partial charge is 0.465 e. The summed E-state index contributed by atoms with van der Waals surface area (Å²) in [6.07, 6.45) is -1.60. The van der Waals surface area contributed by atoms with Gasteiger partial charge in [0, 0.05) is 5.69 Å². The van der Waals surface area contributed by atoms with Crippen LogP contribution in [0.4, 0.5) is 13.2 Å². The van der Waals surface area contributed by atoms with Crippen molar-refractivity contribution in [1.29, 1.82) is 0 Å². The Kier molecular flexibility index (Phi) is 6.25. The first-order valence-corrected chi connectivity index (χ1v) is 10.1. The molecule has 0 aliphatic rings. The van der Waals surface area contributed by atoms with Crippen LogP contribution in [0.2, 0.25) is 0 Å². The van der Waals surface area contributed by atoms with Crippen LogP contribution >= 0.6 is 0 Å². The van der Waals surface area contributed by atoms with E-state index in [1.807, 2.05) is 30.3 Å². The zero-order valence-corrected chi connectivity index (χ0v) is 17.5. The average Bonchev–Trinajstić information content (AvgIpc) is 3.22. The number of ether oxygens (including phenoxy) is 2. The molecule has 2 aromatic heterocycles. The lowest BCUT2D eigenvalue weighted by Gasteiger charge is -2.15. The third-order valence-electron chi connectivity index (χ3n) is 4.89. The number of carbonyl (C=O) groups excluding carboxylic acids is 1. The van der Waals surface area contributed by atoms with E-state index in [0.717, 1.165) is 5.56 Å². The Morgan fingerprint density at radius 2 is 1.76 bits per heavy atom. The fraction of sp³-hybridized carbons (Fsp3) is 0.217. The van der Waals surface area contributed by atoms with E-state index < -0.39 is 18.2 Å². The van der Waals surface area contributed by atoms with Gasteiger partial charge in [-0.1, -0.05) is 30.3 Å². The molecule has 2 heterocycles. The van der Waals surface area contributed by atoms with Crippen molar-refractivity contribution in [3.63, 3.8) is 0 Å². The molecule has 2 aromatic carbocycles. The highest BCUT2D eigenvalue weighted by molar-refractivity contribution is 5.85. The summed E-state index contributed by atoms with van der Waals surface area (Å²) in [5, 5.41) is 0. The number of hydrogen-bond donors (Lipinski definition) is 0. The van der Waals surface area contributed by atoms with Gasteiger partial charge in [-0.05, 0) is 43.2 Å². The summed E-state index contributed by atoms with van der Waals surface area (Å²) in [7, 11) is 0. The van der Waals surface area contributed by atoms with E-state index in [1.54, 1.807) is 11.5 Å². The predicted molar refractivity (Wildman–Crippen MR) is 113 cm³/mol. The number of imidazole rings is 1. The highest BCUT2D eigenvalue weighted by Gasteiger charge is 2.31. The van der Waals surface area contributed by atoms with Gasteiger partial charge in [-0.25, -0.2) is 15.0 Å². The first-order chi connectivity index (χ1) is 15.9. The highest BCUT2D eigenvalue weighted by Crippen LogP contribution is 2.29. The van der Waals surface area contributed by atoms with Crippen LogP contribution in [0.1, 0.15) is 24.1 Å². The molecule has 1 unspecified atom stereocenters. The number of fused-ring (bicyclic) bond motifs is 1. The second-order valence-electron chi connectivity index (χ2n) is 7.08. The Labute approximate surface area is 186 Å². The largest absolute Gasteiger partial charge is 0.573 e. The van der Waals surface area contributed by atoms with Gasteiger partial charge in [0.1, 0.15) is 29.8 Å². The second-order valence-corrected chi connectivity index (χ2v) is 7.08. The molecule has 4 rings (SSSR count). The normalized spacial score (nSPS) is 12.5. The number of nitrogens with zero attached hydrogens (tertiary/aromatic N) is 4. The minimum Gasteiger partial charge on any atom is -0.465 e. The average molecular weight is 456 g/mol. The first-order valence-electron chi connectivity index (χ1n) is 10.1. The number of esters is 1. The summed E-state index contributed by atoms with van der Waals surface area (Å²) in [5.41, 5.74) is 2.68. The maximum atomic E-state index is 12.8. The molecule has 0 saturated carbocycles. The van der Waals surface area contributed by atoms with Crippen molar-refractivity contribution < 1.29 is 27.4 Å².